The Morgan fingerprint density at radius 1 is 1.27 bits per heavy atom. The van der Waals surface area contributed by atoms with E-state index < -0.39 is 11.8 Å². The van der Waals surface area contributed by atoms with Gasteiger partial charge in [-0.15, -0.1) is 17.3 Å². The van der Waals surface area contributed by atoms with Crippen LogP contribution in [0.25, 0.3) is 10.2 Å². The molecule has 0 spiro atoms. The fourth-order valence-electron chi connectivity index (χ4n) is 3.27. The van der Waals surface area contributed by atoms with Crippen LogP contribution in [0.2, 0.25) is 5.15 Å². The summed E-state index contributed by atoms with van der Waals surface area (Å²) in [5.41, 5.74) is 6.86. The highest BCUT2D eigenvalue weighted by Gasteiger charge is 2.44. The summed E-state index contributed by atoms with van der Waals surface area (Å²) in [5.74, 6) is 2.40. The van der Waals surface area contributed by atoms with E-state index in [1.54, 1.807) is 13.0 Å². The number of thiophene rings is 1. The third-order valence-corrected chi connectivity index (χ3v) is 6.12. The first kappa shape index (κ1) is 28.6. The topological polar surface area (TPSA) is 50.9 Å². The molecule has 30 heavy (non-hydrogen) atoms. The maximum Gasteiger partial charge on any atom is 0.255 e. The van der Waals surface area contributed by atoms with Gasteiger partial charge in [0.2, 0.25) is 0 Å². The quantitative estimate of drug-likeness (QED) is 0.366. The number of alkyl halides is 2. The van der Waals surface area contributed by atoms with Gasteiger partial charge in [0.15, 0.2) is 0 Å². The molecule has 1 atom stereocenters. The molecule has 0 aromatic carbocycles. The van der Waals surface area contributed by atoms with Crippen molar-refractivity contribution in [3.8, 4) is 11.8 Å². The smallest absolute Gasteiger partial charge is 0.255 e. The van der Waals surface area contributed by atoms with Crippen molar-refractivity contribution < 1.29 is 8.78 Å². The molecular weight excluding hydrogens is 424 g/mol. The van der Waals surface area contributed by atoms with Gasteiger partial charge in [0.25, 0.3) is 5.92 Å². The zero-order valence-electron chi connectivity index (χ0n) is 19.3. The lowest BCUT2D eigenvalue weighted by atomic mass is 9.83. The summed E-state index contributed by atoms with van der Waals surface area (Å²) in [6, 6.07) is 1.74. The number of fused-ring (bicyclic) bond motifs is 1. The van der Waals surface area contributed by atoms with Crippen molar-refractivity contribution in [1.29, 1.82) is 0 Å². The van der Waals surface area contributed by atoms with Crippen LogP contribution in [-0.4, -0.2) is 24.5 Å². The first-order valence-electron chi connectivity index (χ1n) is 10.6. The number of pyridine rings is 1. The molecule has 3 N–H and O–H groups in total. The normalized spacial score (nSPS) is 16.4. The van der Waals surface area contributed by atoms with Gasteiger partial charge in [-0.25, -0.2) is 13.8 Å². The number of nitrogens with two attached hydrogens (primary N) is 1. The van der Waals surface area contributed by atoms with Crippen molar-refractivity contribution in [3.63, 3.8) is 0 Å². The third kappa shape index (κ3) is 7.08. The van der Waals surface area contributed by atoms with E-state index in [0.29, 0.717) is 24.5 Å². The molecule has 1 saturated carbocycles. The highest BCUT2D eigenvalue weighted by molar-refractivity contribution is 7.20. The summed E-state index contributed by atoms with van der Waals surface area (Å²) in [6.45, 7) is 12.1. The van der Waals surface area contributed by atoms with Gasteiger partial charge < -0.3 is 11.1 Å². The standard InChI is InChI=1S/C18H19ClF2N2S.2C2H6.CH5N/c1-3-4-9-22-13-10-14(19)23-15-11(2)16(24-17(13)15)12-7-5-6-8-18(12,20)21;3*1-2/h10,12H,5-9H2,1-2H3,(H,22,23);2*1-2H3;2H2,1H3. The van der Waals surface area contributed by atoms with Crippen LogP contribution < -0.4 is 11.1 Å². The van der Waals surface area contributed by atoms with Crippen LogP contribution in [0.15, 0.2) is 6.07 Å². The molecule has 170 valence electrons. The number of rotatable bonds is 3. The average molecular weight is 460 g/mol. The molecule has 0 bridgehead atoms. The molecule has 1 aliphatic carbocycles. The monoisotopic (exact) mass is 459 g/mol. The Hall–Kier alpha value is -1.42. The van der Waals surface area contributed by atoms with Crippen LogP contribution in [-0.2, 0) is 0 Å². The second-order valence-corrected chi connectivity index (χ2v) is 7.54. The van der Waals surface area contributed by atoms with Gasteiger partial charge in [-0.3, -0.25) is 0 Å². The number of hydrogen-bond acceptors (Lipinski definition) is 4. The minimum atomic E-state index is -2.64. The van der Waals surface area contributed by atoms with Crippen molar-refractivity contribution in [2.24, 2.45) is 5.73 Å². The summed E-state index contributed by atoms with van der Waals surface area (Å²) in [5, 5.41) is 3.58. The Kier molecular flexibility index (Phi) is 13.9. The summed E-state index contributed by atoms with van der Waals surface area (Å²) < 4.78 is 29.7. The van der Waals surface area contributed by atoms with Gasteiger partial charge >= 0.3 is 0 Å². The third-order valence-electron chi connectivity index (χ3n) is 4.50. The largest absolute Gasteiger partial charge is 0.373 e. The predicted molar refractivity (Wildman–Crippen MR) is 130 cm³/mol. The Labute approximate surface area is 189 Å². The minimum Gasteiger partial charge on any atom is -0.373 e. The van der Waals surface area contributed by atoms with E-state index in [1.165, 1.54) is 18.4 Å². The molecule has 2 heterocycles. The van der Waals surface area contributed by atoms with E-state index in [-0.39, 0.29) is 6.42 Å². The lowest BCUT2D eigenvalue weighted by Crippen LogP contribution is -2.29. The highest BCUT2D eigenvalue weighted by Crippen LogP contribution is 2.50. The zero-order chi connectivity index (χ0) is 23.3. The lowest BCUT2D eigenvalue weighted by molar-refractivity contribution is -0.0538. The number of halogens is 3. The summed E-state index contributed by atoms with van der Waals surface area (Å²) in [6.07, 6.45) is 1.94. The molecule has 0 saturated heterocycles. The molecular formula is C23H36ClF2N3S. The van der Waals surface area contributed by atoms with Crippen LogP contribution in [0.5, 0.6) is 0 Å². The Balaban J connectivity index is 0.00000129. The SMILES string of the molecule is CC.CC.CC#CCNc1cc(Cl)nc2c(C)c(C3CCCCC3(F)F)sc12.CN. The van der Waals surface area contributed by atoms with Gasteiger partial charge in [0, 0.05) is 17.4 Å². The average Bonchev–Trinajstić information content (AvgIpc) is 3.08. The van der Waals surface area contributed by atoms with E-state index in [0.717, 1.165) is 32.8 Å². The van der Waals surface area contributed by atoms with Gasteiger partial charge in [0.05, 0.1) is 28.4 Å². The van der Waals surface area contributed by atoms with E-state index >= 15 is 0 Å². The van der Waals surface area contributed by atoms with E-state index in [1.807, 2.05) is 34.6 Å². The molecule has 2 aromatic heterocycles. The maximum atomic E-state index is 14.4. The van der Waals surface area contributed by atoms with Crippen LogP contribution >= 0.6 is 22.9 Å². The summed E-state index contributed by atoms with van der Waals surface area (Å²) in [4.78, 5) is 5.13. The minimum absolute atomic E-state index is 0.0310. The number of nitrogens with zero attached hydrogens (tertiary/aromatic N) is 1. The number of hydrogen-bond donors (Lipinski definition) is 2. The summed E-state index contributed by atoms with van der Waals surface area (Å²) >= 11 is 7.54. The molecule has 0 radical (unpaired) electrons. The van der Waals surface area contributed by atoms with Crippen molar-refractivity contribution in [3.05, 3.63) is 21.7 Å². The maximum absolute atomic E-state index is 14.4. The van der Waals surface area contributed by atoms with Crippen LogP contribution in [0.4, 0.5) is 14.5 Å². The first-order chi connectivity index (χ1) is 14.4. The van der Waals surface area contributed by atoms with Crippen molar-refractivity contribution in [2.45, 2.75) is 79.1 Å². The first-order valence-corrected chi connectivity index (χ1v) is 11.8. The molecule has 3 nitrogen and oxygen atoms in total. The zero-order valence-corrected chi connectivity index (χ0v) is 20.8. The van der Waals surface area contributed by atoms with Crippen LogP contribution in [0.1, 0.15) is 76.7 Å². The van der Waals surface area contributed by atoms with Gasteiger partial charge in [0.1, 0.15) is 5.15 Å². The molecule has 0 aliphatic heterocycles. The number of aryl methyl sites for hydroxylation is 1. The van der Waals surface area contributed by atoms with Crippen LogP contribution in [0, 0.1) is 18.8 Å². The molecule has 1 aliphatic rings. The van der Waals surface area contributed by atoms with Gasteiger partial charge in [-0.1, -0.05) is 51.6 Å². The van der Waals surface area contributed by atoms with Gasteiger partial charge in [-0.2, -0.15) is 0 Å². The molecule has 3 rings (SSSR count). The number of nitrogens with one attached hydrogen (secondary N) is 1. The second kappa shape index (κ2) is 14.6. The lowest BCUT2D eigenvalue weighted by Gasteiger charge is -2.31. The fourth-order valence-corrected chi connectivity index (χ4v) is 4.90. The molecule has 0 amide bonds. The molecule has 1 fully saturated rings. The van der Waals surface area contributed by atoms with E-state index in [4.69, 9.17) is 11.6 Å². The van der Waals surface area contributed by atoms with Crippen molar-refractivity contribution in [2.75, 3.05) is 18.9 Å². The second-order valence-electron chi connectivity index (χ2n) is 6.10. The Morgan fingerprint density at radius 3 is 2.47 bits per heavy atom. The Bertz CT molecular complexity index is 825. The number of anilines is 1. The van der Waals surface area contributed by atoms with Crippen molar-refractivity contribution in [1.82, 2.24) is 4.98 Å². The molecule has 1 unspecified atom stereocenters. The van der Waals surface area contributed by atoms with Gasteiger partial charge in [-0.05, 0) is 39.3 Å². The predicted octanol–water partition coefficient (Wildman–Crippen LogP) is 7.61. The van der Waals surface area contributed by atoms with Crippen LogP contribution in [0.3, 0.4) is 0 Å². The number of aromatic nitrogens is 1. The molecule has 2 aromatic rings. The fraction of sp³-hybridized carbons (Fsp3) is 0.609. The van der Waals surface area contributed by atoms with E-state index in [2.05, 4.69) is 27.9 Å². The van der Waals surface area contributed by atoms with E-state index in [9.17, 15) is 8.78 Å². The van der Waals surface area contributed by atoms with Crippen molar-refractivity contribution >= 4 is 38.8 Å². The highest BCUT2D eigenvalue weighted by atomic mass is 35.5. The summed E-state index contributed by atoms with van der Waals surface area (Å²) in [7, 11) is 1.50. The Morgan fingerprint density at radius 2 is 1.90 bits per heavy atom. The molecule has 7 heteroatoms.